The van der Waals surface area contributed by atoms with Crippen molar-refractivity contribution in [3.63, 3.8) is 0 Å². The average molecular weight is 161 g/mol. The van der Waals surface area contributed by atoms with E-state index in [1.54, 1.807) is 0 Å². The summed E-state index contributed by atoms with van der Waals surface area (Å²) in [6, 6.07) is 0. The first kappa shape index (κ1) is 7.08. The molecule has 0 atom stereocenters. The summed E-state index contributed by atoms with van der Waals surface area (Å²) in [7, 11) is 1.40. The second kappa shape index (κ2) is 2.70. The predicted molar refractivity (Wildman–Crippen MR) is 36.4 cm³/mol. The van der Waals surface area contributed by atoms with Crippen LogP contribution in [0.2, 0.25) is 5.02 Å². The number of H-pyrrole nitrogens is 1. The van der Waals surface area contributed by atoms with Crippen molar-refractivity contribution in [2.75, 3.05) is 7.11 Å². The molecule has 0 aliphatic carbocycles. The molecule has 0 unspecified atom stereocenters. The molecule has 0 aliphatic rings. The highest BCUT2D eigenvalue weighted by molar-refractivity contribution is 6.31. The Hall–Kier alpha value is -1.03. The molecule has 10 heavy (non-hydrogen) atoms. The molecule has 0 aliphatic heterocycles. The SMILES string of the molecule is COc1nc[nH]c(=O)c1Cl. The third kappa shape index (κ3) is 1.11. The Morgan fingerprint density at radius 1 is 1.80 bits per heavy atom. The van der Waals surface area contributed by atoms with Crippen LogP contribution in [0.15, 0.2) is 11.1 Å². The fourth-order valence-electron chi connectivity index (χ4n) is 0.509. The van der Waals surface area contributed by atoms with Crippen molar-refractivity contribution >= 4 is 11.6 Å². The maximum atomic E-state index is 10.7. The first-order valence-corrected chi connectivity index (χ1v) is 2.90. The molecule has 1 heterocycles. The van der Waals surface area contributed by atoms with E-state index in [9.17, 15) is 4.79 Å². The molecule has 1 aromatic rings. The molecule has 4 nitrogen and oxygen atoms in total. The third-order valence-corrected chi connectivity index (χ3v) is 1.29. The van der Waals surface area contributed by atoms with Gasteiger partial charge in [0.1, 0.15) is 0 Å². The van der Waals surface area contributed by atoms with E-state index in [0.29, 0.717) is 0 Å². The van der Waals surface area contributed by atoms with E-state index in [1.807, 2.05) is 0 Å². The predicted octanol–water partition coefficient (Wildman–Crippen LogP) is 0.432. The summed E-state index contributed by atoms with van der Waals surface area (Å²) in [4.78, 5) is 16.6. The smallest absolute Gasteiger partial charge is 0.273 e. The number of halogens is 1. The minimum absolute atomic E-state index is 0.0231. The van der Waals surface area contributed by atoms with E-state index in [1.165, 1.54) is 13.4 Å². The summed E-state index contributed by atoms with van der Waals surface area (Å²) in [6.07, 6.45) is 1.23. The Morgan fingerprint density at radius 3 is 3.00 bits per heavy atom. The molecule has 1 N–H and O–H groups in total. The van der Waals surface area contributed by atoms with Crippen LogP contribution in [-0.4, -0.2) is 17.1 Å². The quantitative estimate of drug-likeness (QED) is 0.648. The van der Waals surface area contributed by atoms with Gasteiger partial charge in [-0.05, 0) is 0 Å². The lowest BCUT2D eigenvalue weighted by atomic mass is 10.6. The molecular formula is C5H5ClN2O2. The number of rotatable bonds is 1. The van der Waals surface area contributed by atoms with E-state index in [2.05, 4.69) is 14.7 Å². The molecule has 0 saturated carbocycles. The van der Waals surface area contributed by atoms with Crippen molar-refractivity contribution in [3.8, 4) is 5.88 Å². The number of nitrogens with one attached hydrogen (secondary N) is 1. The third-order valence-electron chi connectivity index (χ3n) is 0.958. The van der Waals surface area contributed by atoms with E-state index in [-0.39, 0.29) is 10.9 Å². The van der Waals surface area contributed by atoms with Gasteiger partial charge in [-0.2, -0.15) is 0 Å². The summed E-state index contributed by atoms with van der Waals surface area (Å²) in [5.74, 6) is 0.144. The highest BCUT2D eigenvalue weighted by Crippen LogP contribution is 2.13. The number of aromatic nitrogens is 2. The van der Waals surface area contributed by atoms with E-state index in [4.69, 9.17) is 11.6 Å². The lowest BCUT2D eigenvalue weighted by Crippen LogP contribution is -2.07. The number of hydrogen-bond donors (Lipinski definition) is 1. The largest absolute Gasteiger partial charge is 0.480 e. The van der Waals surface area contributed by atoms with Gasteiger partial charge in [-0.25, -0.2) is 4.98 Å². The minimum Gasteiger partial charge on any atom is -0.480 e. The lowest BCUT2D eigenvalue weighted by Gasteiger charge is -1.96. The van der Waals surface area contributed by atoms with E-state index in [0.717, 1.165) is 0 Å². The van der Waals surface area contributed by atoms with Crippen molar-refractivity contribution in [1.29, 1.82) is 0 Å². The second-order valence-electron chi connectivity index (χ2n) is 1.55. The van der Waals surface area contributed by atoms with Crippen LogP contribution in [0.25, 0.3) is 0 Å². The van der Waals surface area contributed by atoms with Gasteiger partial charge < -0.3 is 9.72 Å². The van der Waals surface area contributed by atoms with Crippen molar-refractivity contribution in [2.24, 2.45) is 0 Å². The van der Waals surface area contributed by atoms with Gasteiger partial charge in [0.15, 0.2) is 5.02 Å². The van der Waals surface area contributed by atoms with Crippen LogP contribution < -0.4 is 10.3 Å². The summed E-state index contributed by atoms with van der Waals surface area (Å²) in [6.45, 7) is 0. The summed E-state index contributed by atoms with van der Waals surface area (Å²) < 4.78 is 4.66. The van der Waals surface area contributed by atoms with Crippen LogP contribution >= 0.6 is 11.6 Å². The second-order valence-corrected chi connectivity index (χ2v) is 1.93. The molecule has 1 rings (SSSR count). The monoisotopic (exact) mass is 160 g/mol. The van der Waals surface area contributed by atoms with E-state index >= 15 is 0 Å². The van der Waals surface area contributed by atoms with Crippen molar-refractivity contribution in [3.05, 3.63) is 21.7 Å². The Balaban J connectivity index is 3.28. The van der Waals surface area contributed by atoms with Gasteiger partial charge in [0, 0.05) is 0 Å². The highest BCUT2D eigenvalue weighted by Gasteiger charge is 2.03. The van der Waals surface area contributed by atoms with E-state index < -0.39 is 5.56 Å². The van der Waals surface area contributed by atoms with Gasteiger partial charge in [-0.1, -0.05) is 11.6 Å². The number of aromatic amines is 1. The number of hydrogen-bond acceptors (Lipinski definition) is 3. The summed E-state index contributed by atoms with van der Waals surface area (Å²) >= 11 is 5.46. The van der Waals surface area contributed by atoms with Crippen LogP contribution in [-0.2, 0) is 0 Å². The first-order chi connectivity index (χ1) is 4.75. The zero-order chi connectivity index (χ0) is 7.56. The first-order valence-electron chi connectivity index (χ1n) is 2.53. The molecule has 0 saturated heterocycles. The van der Waals surface area contributed by atoms with Crippen LogP contribution in [0.1, 0.15) is 0 Å². The zero-order valence-corrected chi connectivity index (χ0v) is 5.97. The molecule has 0 amide bonds. The molecule has 0 fully saturated rings. The van der Waals surface area contributed by atoms with Crippen molar-refractivity contribution in [2.45, 2.75) is 0 Å². The van der Waals surface area contributed by atoms with Gasteiger partial charge in [0.25, 0.3) is 5.56 Å². The summed E-state index contributed by atoms with van der Waals surface area (Å²) in [5, 5.41) is -0.0231. The standard InChI is InChI=1S/C5H5ClN2O2/c1-10-5-3(6)4(9)7-2-8-5/h2H,1H3,(H,7,8,9). The Bertz CT molecular complexity index is 283. The maximum absolute atomic E-state index is 10.7. The molecule has 54 valence electrons. The van der Waals surface area contributed by atoms with Crippen LogP contribution in [0, 0.1) is 0 Å². The Kier molecular flexibility index (Phi) is 1.91. The zero-order valence-electron chi connectivity index (χ0n) is 5.22. The van der Waals surface area contributed by atoms with Gasteiger partial charge in [0.05, 0.1) is 13.4 Å². The minimum atomic E-state index is -0.395. The van der Waals surface area contributed by atoms with Crippen LogP contribution in [0.3, 0.4) is 0 Å². The van der Waals surface area contributed by atoms with Gasteiger partial charge in [-0.15, -0.1) is 0 Å². The van der Waals surface area contributed by atoms with Gasteiger partial charge >= 0.3 is 0 Å². The average Bonchev–Trinajstić information content (AvgIpc) is 1.95. The molecule has 5 heteroatoms. The normalized spacial score (nSPS) is 9.40. The van der Waals surface area contributed by atoms with Crippen LogP contribution in [0.4, 0.5) is 0 Å². The van der Waals surface area contributed by atoms with Crippen molar-refractivity contribution in [1.82, 2.24) is 9.97 Å². The van der Waals surface area contributed by atoms with Gasteiger partial charge in [-0.3, -0.25) is 4.79 Å². The highest BCUT2D eigenvalue weighted by atomic mass is 35.5. The molecule has 1 aromatic heterocycles. The number of methoxy groups -OCH3 is 1. The fourth-order valence-corrected chi connectivity index (χ4v) is 0.689. The molecule has 0 spiro atoms. The van der Waals surface area contributed by atoms with Crippen LogP contribution in [0.5, 0.6) is 5.88 Å². The molecule has 0 aromatic carbocycles. The topological polar surface area (TPSA) is 55.0 Å². The van der Waals surface area contributed by atoms with Crippen molar-refractivity contribution < 1.29 is 4.74 Å². The Morgan fingerprint density at radius 2 is 2.50 bits per heavy atom. The lowest BCUT2D eigenvalue weighted by molar-refractivity contribution is 0.396. The number of ether oxygens (including phenoxy) is 1. The van der Waals surface area contributed by atoms with Gasteiger partial charge in [0.2, 0.25) is 5.88 Å². The fraction of sp³-hybridized carbons (Fsp3) is 0.200. The maximum Gasteiger partial charge on any atom is 0.273 e. The molecule has 0 radical (unpaired) electrons. The molecular weight excluding hydrogens is 156 g/mol. The number of nitrogens with zero attached hydrogens (tertiary/aromatic N) is 1. The molecule has 0 bridgehead atoms. The summed E-state index contributed by atoms with van der Waals surface area (Å²) in [5.41, 5.74) is -0.395. The Labute approximate surface area is 61.8 Å².